The van der Waals surface area contributed by atoms with Gasteiger partial charge < -0.3 is 27.1 Å². The molecule has 1 heterocycles. The summed E-state index contributed by atoms with van der Waals surface area (Å²) >= 11 is 1.51. The molecule has 2 atom stereocenters. The van der Waals surface area contributed by atoms with Crippen LogP contribution in [0.1, 0.15) is 26.5 Å². The highest BCUT2D eigenvalue weighted by Crippen LogP contribution is 2.23. The molecule has 0 aliphatic rings. The Kier molecular flexibility index (Phi) is 7.91. The zero-order valence-corrected chi connectivity index (χ0v) is 15.5. The number of nitrogens with two attached hydrogens (primary N) is 2. The van der Waals surface area contributed by atoms with E-state index in [1.165, 1.54) is 18.1 Å². The Hall–Kier alpha value is -2.07. The maximum absolute atomic E-state index is 12.5. The number of thioether (sulfide) groups is 1. The van der Waals surface area contributed by atoms with E-state index in [9.17, 15) is 14.4 Å². The van der Waals surface area contributed by atoms with Crippen molar-refractivity contribution < 1.29 is 14.4 Å². The molecular weight excluding hydrogens is 344 g/mol. The number of hydrogen-bond acceptors (Lipinski definition) is 6. The number of amides is 3. The van der Waals surface area contributed by atoms with E-state index in [1.54, 1.807) is 6.20 Å². The van der Waals surface area contributed by atoms with E-state index in [-0.39, 0.29) is 17.7 Å². The second kappa shape index (κ2) is 9.42. The average Bonchev–Trinajstić information content (AvgIpc) is 3.02. The molecule has 0 aliphatic heterocycles. The zero-order valence-electron chi connectivity index (χ0n) is 14.7. The molecule has 1 aromatic rings. The maximum Gasteiger partial charge on any atom is 0.244 e. The fourth-order valence-corrected chi connectivity index (χ4v) is 2.78. The summed E-state index contributed by atoms with van der Waals surface area (Å²) in [5.41, 5.74) is 11.3. The normalized spacial score (nSPS) is 13.8. The van der Waals surface area contributed by atoms with Gasteiger partial charge in [0.2, 0.25) is 17.7 Å². The number of imidazole rings is 1. The van der Waals surface area contributed by atoms with Crippen molar-refractivity contribution in [2.24, 2.45) is 11.5 Å². The molecule has 0 radical (unpaired) electrons. The molecule has 1 rings (SSSR count). The number of nitrogens with zero attached hydrogens (tertiary/aromatic N) is 1. The van der Waals surface area contributed by atoms with Crippen LogP contribution in [0, 0.1) is 0 Å². The van der Waals surface area contributed by atoms with Crippen molar-refractivity contribution in [2.75, 3.05) is 12.3 Å². The van der Waals surface area contributed by atoms with Crippen LogP contribution in [0.15, 0.2) is 12.5 Å². The number of aromatic amines is 1. The highest BCUT2D eigenvalue weighted by Gasteiger charge is 2.27. The molecule has 10 heteroatoms. The van der Waals surface area contributed by atoms with Crippen LogP contribution in [0.5, 0.6) is 0 Å². The fourth-order valence-electron chi connectivity index (χ4n) is 1.88. The lowest BCUT2D eigenvalue weighted by Gasteiger charge is -2.24. The molecule has 3 amide bonds. The first-order chi connectivity index (χ1) is 11.6. The van der Waals surface area contributed by atoms with Crippen LogP contribution < -0.4 is 22.1 Å². The molecule has 9 nitrogen and oxygen atoms in total. The van der Waals surface area contributed by atoms with Gasteiger partial charge in [-0.25, -0.2) is 4.98 Å². The van der Waals surface area contributed by atoms with E-state index in [4.69, 9.17) is 11.5 Å². The molecule has 0 unspecified atom stereocenters. The summed E-state index contributed by atoms with van der Waals surface area (Å²) in [6.07, 6.45) is 3.20. The number of aromatic nitrogens is 2. The third-order valence-corrected chi connectivity index (χ3v) is 4.52. The number of carbonyl (C=O) groups excluding carboxylic acids is 3. The van der Waals surface area contributed by atoms with Crippen LogP contribution in [0.4, 0.5) is 0 Å². The van der Waals surface area contributed by atoms with Crippen molar-refractivity contribution in [1.82, 2.24) is 20.6 Å². The topological polar surface area (TPSA) is 156 Å². The Bertz CT molecular complexity index is 585. The first-order valence-corrected chi connectivity index (χ1v) is 8.81. The molecule has 7 N–H and O–H groups in total. The first-order valence-electron chi connectivity index (χ1n) is 7.82. The Balaban J connectivity index is 2.78. The average molecular weight is 370 g/mol. The van der Waals surface area contributed by atoms with Crippen LogP contribution in [0.2, 0.25) is 0 Å². The molecule has 0 aromatic carbocycles. The second-order valence-electron chi connectivity index (χ2n) is 6.49. The fraction of sp³-hybridized carbons (Fsp3) is 0.600. The van der Waals surface area contributed by atoms with E-state index in [0.29, 0.717) is 11.4 Å². The zero-order chi connectivity index (χ0) is 19.0. The molecule has 0 fully saturated rings. The van der Waals surface area contributed by atoms with Gasteiger partial charge in [0, 0.05) is 28.8 Å². The van der Waals surface area contributed by atoms with Gasteiger partial charge in [-0.1, -0.05) is 20.8 Å². The number of H-pyrrole nitrogens is 1. The number of nitrogens with one attached hydrogen (secondary N) is 3. The summed E-state index contributed by atoms with van der Waals surface area (Å²) in [4.78, 5) is 42.5. The summed E-state index contributed by atoms with van der Waals surface area (Å²) in [5.74, 6) is -1.26. The van der Waals surface area contributed by atoms with Crippen molar-refractivity contribution in [3.63, 3.8) is 0 Å². The van der Waals surface area contributed by atoms with Crippen molar-refractivity contribution >= 4 is 29.5 Å². The van der Waals surface area contributed by atoms with Crippen LogP contribution in [-0.4, -0.2) is 56.8 Å². The molecular formula is C15H26N6O3S. The van der Waals surface area contributed by atoms with Crippen LogP contribution in [0.3, 0.4) is 0 Å². The molecule has 0 aliphatic carbocycles. The lowest BCUT2D eigenvalue weighted by Crippen LogP contribution is -2.55. The molecule has 0 saturated carbocycles. The van der Waals surface area contributed by atoms with E-state index >= 15 is 0 Å². The molecule has 1 aromatic heterocycles. The number of hydrogen-bond donors (Lipinski definition) is 5. The number of rotatable bonds is 9. The Morgan fingerprint density at radius 2 is 1.96 bits per heavy atom. The molecule has 0 bridgehead atoms. The van der Waals surface area contributed by atoms with E-state index in [0.717, 1.165) is 0 Å². The highest BCUT2D eigenvalue weighted by molar-refractivity contribution is 8.00. The molecule has 0 saturated heterocycles. The van der Waals surface area contributed by atoms with E-state index < -0.39 is 29.8 Å². The SMILES string of the molecule is CC(C)(C)SC[C@H](NC(=O)CN)C(=O)N[C@@H](Cc1cnc[nH]1)C(N)=O. The van der Waals surface area contributed by atoms with Crippen molar-refractivity contribution in [2.45, 2.75) is 44.0 Å². The quantitative estimate of drug-likeness (QED) is 0.371. The van der Waals surface area contributed by atoms with Gasteiger partial charge in [0.05, 0.1) is 12.9 Å². The smallest absolute Gasteiger partial charge is 0.244 e. The lowest BCUT2D eigenvalue weighted by molar-refractivity contribution is -0.130. The van der Waals surface area contributed by atoms with Gasteiger partial charge in [0.1, 0.15) is 12.1 Å². The summed E-state index contributed by atoms with van der Waals surface area (Å²) in [5, 5.41) is 5.16. The van der Waals surface area contributed by atoms with Crippen LogP contribution in [0.25, 0.3) is 0 Å². The van der Waals surface area contributed by atoms with Crippen molar-refractivity contribution in [3.05, 3.63) is 18.2 Å². The third kappa shape index (κ3) is 8.03. The monoisotopic (exact) mass is 370 g/mol. The number of carbonyl (C=O) groups is 3. The molecule has 25 heavy (non-hydrogen) atoms. The third-order valence-electron chi connectivity index (χ3n) is 3.16. The molecule has 140 valence electrons. The minimum atomic E-state index is -0.912. The lowest BCUT2D eigenvalue weighted by atomic mass is 10.1. The number of primary amides is 1. The Morgan fingerprint density at radius 3 is 2.44 bits per heavy atom. The standard InChI is InChI=1S/C15H26N6O3S/c1-15(2,3)25-7-11(20-12(22)5-16)14(24)21-10(13(17)23)4-9-6-18-8-19-9/h6,8,10-11H,4-5,7,16H2,1-3H3,(H2,17,23)(H,18,19)(H,20,22)(H,21,24)/t10-,11-/m0/s1. The van der Waals surface area contributed by atoms with Gasteiger partial charge >= 0.3 is 0 Å². The minimum absolute atomic E-state index is 0.0923. The maximum atomic E-state index is 12.5. The Labute approximate surface area is 151 Å². The summed E-state index contributed by atoms with van der Waals surface area (Å²) in [6.45, 7) is 5.78. The van der Waals surface area contributed by atoms with E-state index in [1.807, 2.05) is 20.8 Å². The predicted molar refractivity (Wildman–Crippen MR) is 96.6 cm³/mol. The largest absolute Gasteiger partial charge is 0.368 e. The van der Waals surface area contributed by atoms with Gasteiger partial charge in [0.25, 0.3) is 0 Å². The molecule has 0 spiro atoms. The Morgan fingerprint density at radius 1 is 1.28 bits per heavy atom. The minimum Gasteiger partial charge on any atom is -0.368 e. The van der Waals surface area contributed by atoms with E-state index in [2.05, 4.69) is 20.6 Å². The van der Waals surface area contributed by atoms with Crippen molar-refractivity contribution in [1.29, 1.82) is 0 Å². The van der Waals surface area contributed by atoms with Crippen LogP contribution >= 0.6 is 11.8 Å². The summed E-state index contributed by atoms with van der Waals surface area (Å²) in [6, 6.07) is -1.73. The highest BCUT2D eigenvalue weighted by atomic mass is 32.2. The summed E-state index contributed by atoms with van der Waals surface area (Å²) < 4.78 is -0.0923. The van der Waals surface area contributed by atoms with Gasteiger partial charge in [-0.15, -0.1) is 0 Å². The summed E-state index contributed by atoms with van der Waals surface area (Å²) in [7, 11) is 0. The van der Waals surface area contributed by atoms with Gasteiger partial charge in [-0.05, 0) is 0 Å². The van der Waals surface area contributed by atoms with Gasteiger partial charge in [-0.3, -0.25) is 14.4 Å². The van der Waals surface area contributed by atoms with Gasteiger partial charge in [-0.2, -0.15) is 11.8 Å². The van der Waals surface area contributed by atoms with Crippen molar-refractivity contribution in [3.8, 4) is 0 Å². The first kappa shape index (κ1) is 21.0. The van der Waals surface area contributed by atoms with Gasteiger partial charge in [0.15, 0.2) is 0 Å². The predicted octanol–water partition coefficient (Wildman–Crippen LogP) is -1.10. The van der Waals surface area contributed by atoms with Crippen LogP contribution in [-0.2, 0) is 20.8 Å². The second-order valence-corrected chi connectivity index (χ2v) is 8.34.